The molecule has 2 aliphatic rings. The number of allylic oxidation sites excluding steroid dienone is 3. The van der Waals surface area contributed by atoms with Gasteiger partial charge in [0.05, 0.1) is 12.7 Å². The van der Waals surface area contributed by atoms with Crippen LogP contribution in [0.3, 0.4) is 0 Å². The van der Waals surface area contributed by atoms with Gasteiger partial charge >= 0.3 is 19.7 Å². The average Bonchev–Trinajstić information content (AvgIpc) is 3.48. The number of anilines is 2. The van der Waals surface area contributed by atoms with Crippen molar-refractivity contribution >= 4 is 46.9 Å². The number of aliphatic hydroxyl groups excluding tert-OH is 1. The van der Waals surface area contributed by atoms with E-state index in [2.05, 4.69) is 52.0 Å². The van der Waals surface area contributed by atoms with Crippen LogP contribution in [0.15, 0.2) is 64.3 Å². The smallest absolute Gasteiger partial charge is 0.396 e. The molecule has 7 N–H and O–H groups in total. The molecule has 0 bridgehead atoms. The SMILES string of the molecule is CNC(=O)C1=C(Nc2nc(NC3(P(=O)(O)O)CC=C(C)C=C3Br)ncc2C(F)(F)F)C=CC[N+]1(CCCO)c1cn[nH]c1. The molecule has 0 saturated carbocycles. The Morgan fingerprint density at radius 2 is 2.05 bits per heavy atom. The molecule has 2 unspecified atom stereocenters. The van der Waals surface area contributed by atoms with Crippen LogP contribution in [-0.4, -0.2) is 73.0 Å². The van der Waals surface area contributed by atoms with Crippen LogP contribution < -0.4 is 20.4 Å². The van der Waals surface area contributed by atoms with Gasteiger partial charge in [-0.15, -0.1) is 0 Å². The summed E-state index contributed by atoms with van der Waals surface area (Å²) in [7, 11) is -3.62. The van der Waals surface area contributed by atoms with Crippen LogP contribution in [0.25, 0.3) is 0 Å². The van der Waals surface area contributed by atoms with Crippen molar-refractivity contribution in [1.82, 2.24) is 30.0 Å². The highest BCUT2D eigenvalue weighted by atomic mass is 79.9. The molecule has 0 aromatic carbocycles. The lowest BCUT2D eigenvalue weighted by Gasteiger charge is -2.39. The maximum Gasteiger partial charge on any atom is 0.421 e. The third kappa shape index (κ3) is 6.32. The lowest BCUT2D eigenvalue weighted by Crippen LogP contribution is -2.55. The van der Waals surface area contributed by atoms with Gasteiger partial charge in [-0.1, -0.05) is 27.6 Å². The summed E-state index contributed by atoms with van der Waals surface area (Å²) in [5.41, 5.74) is -0.0331. The number of hydrogen-bond acceptors (Lipinski definition) is 8. The second kappa shape index (κ2) is 12.3. The quantitative estimate of drug-likeness (QED) is 0.144. The normalized spacial score (nSPS) is 22.6. The topological polar surface area (TPSA) is 185 Å². The summed E-state index contributed by atoms with van der Waals surface area (Å²) in [5, 5.41) is 21.9. The van der Waals surface area contributed by atoms with Gasteiger partial charge in [-0.25, -0.2) is 9.47 Å². The summed E-state index contributed by atoms with van der Waals surface area (Å²) in [5.74, 6) is -1.87. The van der Waals surface area contributed by atoms with Gasteiger partial charge in [-0.05, 0) is 25.2 Å². The molecule has 43 heavy (non-hydrogen) atoms. The lowest BCUT2D eigenvalue weighted by atomic mass is 10.0. The maximum absolute atomic E-state index is 14.2. The Hall–Kier alpha value is -3.34. The van der Waals surface area contributed by atoms with Crippen molar-refractivity contribution in [3.8, 4) is 0 Å². The van der Waals surface area contributed by atoms with Crippen LogP contribution in [-0.2, 0) is 15.5 Å². The third-order valence-electron chi connectivity index (χ3n) is 7.13. The molecule has 18 heteroatoms. The van der Waals surface area contributed by atoms with Crippen LogP contribution >= 0.6 is 23.5 Å². The predicted octanol–water partition coefficient (Wildman–Crippen LogP) is 3.46. The number of aromatic nitrogens is 4. The molecule has 1 amide bonds. The van der Waals surface area contributed by atoms with Crippen molar-refractivity contribution in [2.45, 2.75) is 31.2 Å². The fraction of sp³-hybridized carbons (Fsp3) is 0.360. The fourth-order valence-corrected chi connectivity index (χ4v) is 7.19. The summed E-state index contributed by atoms with van der Waals surface area (Å²) in [4.78, 5) is 41.6. The minimum atomic E-state index is -5.00. The van der Waals surface area contributed by atoms with Crippen LogP contribution in [0.1, 0.15) is 25.3 Å². The Morgan fingerprint density at radius 3 is 2.63 bits per heavy atom. The van der Waals surface area contributed by atoms with Crippen molar-refractivity contribution in [2.75, 3.05) is 37.4 Å². The molecule has 0 saturated heterocycles. The van der Waals surface area contributed by atoms with Gasteiger partial charge in [0.15, 0.2) is 11.0 Å². The first-order valence-corrected chi connectivity index (χ1v) is 15.3. The molecule has 1 aliphatic carbocycles. The Labute approximate surface area is 252 Å². The van der Waals surface area contributed by atoms with Gasteiger partial charge in [0.2, 0.25) is 11.6 Å². The largest absolute Gasteiger partial charge is 0.421 e. The van der Waals surface area contributed by atoms with E-state index < -0.39 is 42.3 Å². The average molecular weight is 690 g/mol. The Bertz CT molecular complexity index is 1560. The van der Waals surface area contributed by atoms with E-state index in [0.29, 0.717) is 17.5 Å². The molecular formula is C25H30BrF3N8O5P+. The van der Waals surface area contributed by atoms with Gasteiger partial charge in [0.1, 0.15) is 29.8 Å². The van der Waals surface area contributed by atoms with Gasteiger partial charge in [-0.2, -0.15) is 23.3 Å². The number of nitrogens with one attached hydrogen (secondary N) is 4. The number of aromatic amines is 1. The first-order chi connectivity index (χ1) is 20.2. The van der Waals surface area contributed by atoms with E-state index in [4.69, 9.17) is 0 Å². The number of alkyl halides is 3. The molecule has 3 heterocycles. The van der Waals surface area contributed by atoms with Crippen molar-refractivity contribution in [3.05, 3.63) is 69.9 Å². The molecule has 232 valence electrons. The van der Waals surface area contributed by atoms with Gasteiger partial charge in [-0.3, -0.25) is 14.5 Å². The molecule has 1 aliphatic heterocycles. The highest BCUT2D eigenvalue weighted by Gasteiger charge is 2.51. The van der Waals surface area contributed by atoms with Crippen LogP contribution in [0, 0.1) is 0 Å². The van der Waals surface area contributed by atoms with Crippen molar-refractivity contribution < 1.29 is 37.4 Å². The first kappa shape index (κ1) is 32.6. The first-order valence-electron chi connectivity index (χ1n) is 12.9. The van der Waals surface area contributed by atoms with E-state index >= 15 is 0 Å². The number of quaternary nitrogens is 1. The zero-order valence-electron chi connectivity index (χ0n) is 23.0. The minimum absolute atomic E-state index is 0.0260. The number of aliphatic hydroxyl groups is 1. The number of nitrogens with zero attached hydrogens (tertiary/aromatic N) is 4. The molecule has 0 radical (unpaired) electrons. The summed E-state index contributed by atoms with van der Waals surface area (Å²) < 4.78 is 55.1. The zero-order valence-corrected chi connectivity index (χ0v) is 25.5. The molecule has 2 atom stereocenters. The number of hydrogen-bond donors (Lipinski definition) is 7. The maximum atomic E-state index is 14.2. The van der Waals surface area contributed by atoms with E-state index in [1.54, 1.807) is 25.3 Å². The second-order valence-electron chi connectivity index (χ2n) is 9.90. The number of carbonyl (C=O) groups is 1. The Kier molecular flexibility index (Phi) is 9.35. The van der Waals surface area contributed by atoms with E-state index in [-0.39, 0.29) is 52.9 Å². The number of amides is 1. The second-order valence-corrected chi connectivity index (χ2v) is 12.6. The summed E-state index contributed by atoms with van der Waals surface area (Å²) in [6, 6.07) is 0. The number of rotatable bonds is 10. The molecular weight excluding hydrogens is 660 g/mol. The van der Waals surface area contributed by atoms with Crippen LogP contribution in [0.4, 0.5) is 30.6 Å². The van der Waals surface area contributed by atoms with E-state index in [1.807, 2.05) is 0 Å². The van der Waals surface area contributed by atoms with Crippen molar-refractivity contribution in [1.29, 1.82) is 0 Å². The van der Waals surface area contributed by atoms with Gasteiger partial charge in [0.25, 0.3) is 0 Å². The minimum Gasteiger partial charge on any atom is -0.396 e. The van der Waals surface area contributed by atoms with Gasteiger partial charge in [0, 0.05) is 37.2 Å². The molecule has 2 aromatic rings. The summed E-state index contributed by atoms with van der Waals surface area (Å²) in [6.07, 6.45) is 4.78. The molecule has 4 rings (SSSR count). The Balaban J connectivity index is 1.88. The molecule has 13 nitrogen and oxygen atoms in total. The molecule has 2 aromatic heterocycles. The highest BCUT2D eigenvalue weighted by Crippen LogP contribution is 2.59. The fourth-order valence-electron chi connectivity index (χ4n) is 4.96. The summed E-state index contributed by atoms with van der Waals surface area (Å²) in [6.45, 7) is 1.95. The van der Waals surface area contributed by atoms with Crippen molar-refractivity contribution in [3.63, 3.8) is 0 Å². The third-order valence-corrected chi connectivity index (χ3v) is 9.88. The number of carbonyl (C=O) groups excluding carboxylic acids is 1. The molecule has 0 spiro atoms. The van der Waals surface area contributed by atoms with E-state index in [0.717, 1.165) is 0 Å². The number of likely N-dealkylation sites (N-methyl/N-ethyl adjacent to an activating group) is 1. The molecule has 0 fully saturated rings. The lowest BCUT2D eigenvalue weighted by molar-refractivity contribution is -0.137. The van der Waals surface area contributed by atoms with Gasteiger partial charge < -0.3 is 30.8 Å². The predicted molar refractivity (Wildman–Crippen MR) is 156 cm³/mol. The van der Waals surface area contributed by atoms with Crippen LogP contribution in [0.2, 0.25) is 0 Å². The van der Waals surface area contributed by atoms with Crippen molar-refractivity contribution in [2.24, 2.45) is 0 Å². The standard InChI is InChI=1S/C25H29BrF3N8O5P/c1-15-6-7-24(19(26)11-15,43(40,41)42)36-23-31-14-17(25(27,28)29)21(35-23)34-18-5-3-8-37(9-4-10-38,16-12-32-33-13-16)20(18)22(39)30-2/h3,5-6,11-14,38H,4,7-10H2,1-2H3,(H5-,30,31,32,33,34,35,36,39,40,41,42)/p+1. The van der Waals surface area contributed by atoms with E-state index in [1.165, 1.54) is 25.4 Å². The highest BCUT2D eigenvalue weighted by molar-refractivity contribution is 9.11. The summed E-state index contributed by atoms with van der Waals surface area (Å²) >= 11 is 3.20. The number of halogens is 4. The Morgan fingerprint density at radius 1 is 1.30 bits per heavy atom. The monoisotopic (exact) mass is 689 g/mol. The number of H-pyrrole nitrogens is 1. The zero-order chi connectivity index (χ0) is 31.6. The van der Waals surface area contributed by atoms with Crippen LogP contribution in [0.5, 0.6) is 0 Å². The van der Waals surface area contributed by atoms with E-state index in [9.17, 15) is 37.4 Å².